The molecule has 0 bridgehead atoms. The zero-order valence-electron chi connectivity index (χ0n) is 37.4. The van der Waals surface area contributed by atoms with Crippen LogP contribution in [0.1, 0.15) is 252 Å². The van der Waals surface area contributed by atoms with Gasteiger partial charge in [-0.1, -0.05) is 168 Å². The third-order valence-electron chi connectivity index (χ3n) is 11.2. The van der Waals surface area contributed by atoms with Crippen LogP contribution in [-0.2, 0) is 23.9 Å². The predicted molar refractivity (Wildman–Crippen MR) is 235 cm³/mol. The summed E-state index contributed by atoms with van der Waals surface area (Å²) in [5.41, 5.74) is 0. The monoisotopic (exact) mass is 779 g/mol. The van der Waals surface area contributed by atoms with Gasteiger partial charge in [-0.3, -0.25) is 14.4 Å². The van der Waals surface area contributed by atoms with Gasteiger partial charge in [-0.15, -0.1) is 0 Å². The molecule has 1 N–H and O–H groups in total. The van der Waals surface area contributed by atoms with Crippen LogP contribution >= 0.6 is 0 Å². The average molecular weight is 779 g/mol. The number of unbranched alkanes of at least 4 members (excludes halogenated alkanes) is 25. The molecule has 1 atom stereocenters. The van der Waals surface area contributed by atoms with Crippen LogP contribution in [0.3, 0.4) is 0 Å². The molecule has 55 heavy (non-hydrogen) atoms. The third kappa shape index (κ3) is 40.4. The van der Waals surface area contributed by atoms with E-state index in [1.807, 2.05) is 0 Å². The highest BCUT2D eigenvalue weighted by atomic mass is 16.5. The van der Waals surface area contributed by atoms with E-state index in [0.717, 1.165) is 103 Å². The van der Waals surface area contributed by atoms with Crippen molar-refractivity contribution in [2.24, 2.45) is 0 Å². The van der Waals surface area contributed by atoms with Crippen LogP contribution in [-0.4, -0.2) is 62.1 Å². The molecule has 7 heteroatoms. The van der Waals surface area contributed by atoms with Crippen LogP contribution in [0.4, 0.5) is 0 Å². The number of nitrogens with one attached hydrogen (secondary N) is 1. The molecule has 326 valence electrons. The first kappa shape index (κ1) is 53.4. The second kappa shape index (κ2) is 43.5. The standard InChI is InChI=1S/C48H94N2O5/c1-5-8-11-14-17-22-29-37-45(36-28-21-16-13-10-7-3)55-48(53)40-31-24-20-26-33-42-50(43-35-38-46(51)49-4)41-32-25-19-23-30-39-47(52)54-44-34-27-18-15-12-9-6-2/h45H,5-44H2,1-4H3,(H,49,51). The fourth-order valence-corrected chi connectivity index (χ4v) is 7.50. The maximum absolute atomic E-state index is 12.8. The lowest BCUT2D eigenvalue weighted by atomic mass is 10.0. The van der Waals surface area contributed by atoms with Gasteiger partial charge in [-0.2, -0.15) is 0 Å². The molecule has 0 aliphatic heterocycles. The van der Waals surface area contributed by atoms with Crippen molar-refractivity contribution in [3.05, 3.63) is 0 Å². The summed E-state index contributed by atoms with van der Waals surface area (Å²) in [7, 11) is 1.71. The van der Waals surface area contributed by atoms with Gasteiger partial charge in [-0.05, 0) is 83.8 Å². The Morgan fingerprint density at radius 1 is 0.436 bits per heavy atom. The first-order valence-corrected chi connectivity index (χ1v) is 24.2. The number of carbonyl (C=O) groups is 3. The second-order valence-electron chi connectivity index (χ2n) is 16.6. The highest BCUT2D eigenvalue weighted by Crippen LogP contribution is 2.19. The molecule has 0 spiro atoms. The molecule has 0 radical (unpaired) electrons. The van der Waals surface area contributed by atoms with E-state index in [1.54, 1.807) is 7.05 Å². The molecule has 0 rings (SSSR count). The Morgan fingerprint density at radius 3 is 1.29 bits per heavy atom. The molecular formula is C48H94N2O5. The topological polar surface area (TPSA) is 84.9 Å². The first-order valence-electron chi connectivity index (χ1n) is 24.2. The molecule has 0 saturated carbocycles. The Balaban J connectivity index is 4.26. The number of nitrogens with zero attached hydrogens (tertiary/aromatic N) is 1. The van der Waals surface area contributed by atoms with Gasteiger partial charge >= 0.3 is 11.9 Å². The first-order chi connectivity index (χ1) is 27.0. The quantitative estimate of drug-likeness (QED) is 0.0490. The Kier molecular flexibility index (Phi) is 42.2. The lowest BCUT2D eigenvalue weighted by Crippen LogP contribution is -2.28. The summed E-state index contributed by atoms with van der Waals surface area (Å²) < 4.78 is 11.5. The molecule has 0 aromatic carbocycles. The second-order valence-corrected chi connectivity index (χ2v) is 16.6. The number of carbonyl (C=O) groups excluding carboxylic acids is 3. The molecule has 0 aliphatic rings. The summed E-state index contributed by atoms with van der Waals surface area (Å²) in [5.74, 6) is 0.0978. The van der Waals surface area contributed by atoms with Gasteiger partial charge in [0.2, 0.25) is 5.91 Å². The fourth-order valence-electron chi connectivity index (χ4n) is 7.50. The summed E-state index contributed by atoms with van der Waals surface area (Å²) in [4.78, 5) is 39.2. The molecule has 0 heterocycles. The molecule has 0 aromatic heterocycles. The Morgan fingerprint density at radius 2 is 0.818 bits per heavy atom. The van der Waals surface area contributed by atoms with Crippen LogP contribution in [0.15, 0.2) is 0 Å². The number of hydrogen-bond acceptors (Lipinski definition) is 6. The van der Waals surface area contributed by atoms with E-state index in [1.165, 1.54) is 128 Å². The van der Waals surface area contributed by atoms with Gasteiger partial charge in [0.05, 0.1) is 6.61 Å². The highest BCUT2D eigenvalue weighted by Gasteiger charge is 2.14. The lowest BCUT2D eigenvalue weighted by molar-refractivity contribution is -0.150. The van der Waals surface area contributed by atoms with Crippen LogP contribution < -0.4 is 5.32 Å². The molecule has 0 aliphatic carbocycles. The minimum absolute atomic E-state index is 0.0138. The van der Waals surface area contributed by atoms with E-state index in [4.69, 9.17) is 9.47 Å². The summed E-state index contributed by atoms with van der Waals surface area (Å²) in [6.07, 6.45) is 41.1. The van der Waals surface area contributed by atoms with E-state index in [-0.39, 0.29) is 23.9 Å². The summed E-state index contributed by atoms with van der Waals surface area (Å²) in [6, 6.07) is 0. The zero-order chi connectivity index (χ0) is 40.3. The van der Waals surface area contributed by atoms with Gasteiger partial charge < -0.3 is 19.7 Å². The van der Waals surface area contributed by atoms with Crippen molar-refractivity contribution < 1.29 is 23.9 Å². The molecule has 7 nitrogen and oxygen atoms in total. The van der Waals surface area contributed by atoms with Crippen LogP contribution in [0.5, 0.6) is 0 Å². The van der Waals surface area contributed by atoms with Crippen molar-refractivity contribution in [2.45, 2.75) is 258 Å². The van der Waals surface area contributed by atoms with Crippen LogP contribution in [0.25, 0.3) is 0 Å². The van der Waals surface area contributed by atoms with Crippen molar-refractivity contribution in [1.82, 2.24) is 10.2 Å². The Hall–Kier alpha value is -1.63. The number of hydrogen-bond donors (Lipinski definition) is 1. The molecule has 0 aromatic rings. The van der Waals surface area contributed by atoms with Crippen molar-refractivity contribution in [2.75, 3.05) is 33.3 Å². The van der Waals surface area contributed by atoms with Gasteiger partial charge in [0, 0.05) is 26.3 Å². The minimum atomic E-state index is -0.0327. The number of esters is 2. The molecule has 0 saturated heterocycles. The molecular weight excluding hydrogens is 685 g/mol. The third-order valence-corrected chi connectivity index (χ3v) is 11.2. The van der Waals surface area contributed by atoms with Crippen LogP contribution in [0, 0.1) is 0 Å². The molecule has 0 fully saturated rings. The normalized spacial score (nSPS) is 11.9. The van der Waals surface area contributed by atoms with E-state index < -0.39 is 0 Å². The Bertz CT molecular complexity index is 837. The van der Waals surface area contributed by atoms with Crippen molar-refractivity contribution in [1.29, 1.82) is 0 Å². The maximum atomic E-state index is 12.8. The summed E-state index contributed by atoms with van der Waals surface area (Å²) in [5, 5.41) is 2.75. The summed E-state index contributed by atoms with van der Waals surface area (Å²) in [6.45, 7) is 10.4. The predicted octanol–water partition coefficient (Wildman–Crippen LogP) is 13.6. The van der Waals surface area contributed by atoms with Gasteiger partial charge in [0.1, 0.15) is 6.10 Å². The highest BCUT2D eigenvalue weighted by molar-refractivity contribution is 5.75. The zero-order valence-corrected chi connectivity index (χ0v) is 37.4. The fraction of sp³-hybridized carbons (Fsp3) is 0.938. The Labute approximate surface area is 342 Å². The maximum Gasteiger partial charge on any atom is 0.306 e. The van der Waals surface area contributed by atoms with Crippen molar-refractivity contribution >= 4 is 17.8 Å². The van der Waals surface area contributed by atoms with E-state index in [0.29, 0.717) is 25.9 Å². The SMILES string of the molecule is CCCCCCCCCOC(=O)CCCCCCCN(CCCCCCCC(=O)OC(CCCCCCCC)CCCCCCCCC)CCCC(=O)NC. The lowest BCUT2D eigenvalue weighted by Gasteiger charge is -2.22. The average Bonchev–Trinajstić information content (AvgIpc) is 3.18. The van der Waals surface area contributed by atoms with E-state index >= 15 is 0 Å². The molecule has 1 amide bonds. The van der Waals surface area contributed by atoms with Crippen LogP contribution in [0.2, 0.25) is 0 Å². The van der Waals surface area contributed by atoms with Gasteiger partial charge in [-0.25, -0.2) is 0 Å². The van der Waals surface area contributed by atoms with Crippen molar-refractivity contribution in [3.8, 4) is 0 Å². The minimum Gasteiger partial charge on any atom is -0.466 e. The number of ether oxygens (including phenoxy) is 2. The molecule has 1 unspecified atom stereocenters. The van der Waals surface area contributed by atoms with Gasteiger partial charge in [0.25, 0.3) is 0 Å². The number of rotatable bonds is 44. The van der Waals surface area contributed by atoms with E-state index in [9.17, 15) is 14.4 Å². The number of amides is 1. The van der Waals surface area contributed by atoms with Crippen molar-refractivity contribution in [3.63, 3.8) is 0 Å². The van der Waals surface area contributed by atoms with E-state index in [2.05, 4.69) is 31.0 Å². The van der Waals surface area contributed by atoms with Gasteiger partial charge in [0.15, 0.2) is 0 Å². The smallest absolute Gasteiger partial charge is 0.306 e. The summed E-state index contributed by atoms with van der Waals surface area (Å²) >= 11 is 0. The largest absolute Gasteiger partial charge is 0.466 e.